The Morgan fingerprint density at radius 1 is 1.50 bits per heavy atom. The van der Waals surface area contributed by atoms with Gasteiger partial charge in [-0.1, -0.05) is 17.7 Å². The predicted octanol–water partition coefficient (Wildman–Crippen LogP) is 1.38. The van der Waals surface area contributed by atoms with Crippen LogP contribution in [0.4, 0.5) is 0 Å². The highest BCUT2D eigenvalue weighted by molar-refractivity contribution is 6.36. The Bertz CT molecular complexity index is 602. The second-order valence-corrected chi connectivity index (χ2v) is 3.27. The van der Waals surface area contributed by atoms with Gasteiger partial charge in [0.1, 0.15) is 0 Å². The molecular formula is C9H5ClN2O4. The molecule has 0 amide bonds. The molecule has 0 aliphatic rings. The van der Waals surface area contributed by atoms with Crippen LogP contribution in [0.5, 0.6) is 0 Å². The fourth-order valence-electron chi connectivity index (χ4n) is 1.21. The highest BCUT2D eigenvalue weighted by Gasteiger charge is 2.16. The molecule has 2 aromatic rings. The van der Waals surface area contributed by atoms with Crippen LogP contribution in [0.15, 0.2) is 27.4 Å². The topological polar surface area (TPSA) is 96.2 Å². The first kappa shape index (κ1) is 10.4. The van der Waals surface area contributed by atoms with Gasteiger partial charge in [0.25, 0.3) is 5.89 Å². The summed E-state index contributed by atoms with van der Waals surface area (Å²) in [6.07, 6.45) is 0. The van der Waals surface area contributed by atoms with Crippen LogP contribution in [-0.2, 0) is 0 Å². The largest absolute Gasteiger partial charge is 0.478 e. The Morgan fingerprint density at radius 2 is 2.25 bits per heavy atom. The highest BCUT2D eigenvalue weighted by atomic mass is 35.5. The van der Waals surface area contributed by atoms with E-state index in [0.717, 1.165) is 0 Å². The third kappa shape index (κ3) is 1.70. The molecule has 0 aliphatic carbocycles. The zero-order valence-corrected chi connectivity index (χ0v) is 8.49. The van der Waals surface area contributed by atoms with Gasteiger partial charge in [0.05, 0.1) is 16.1 Å². The van der Waals surface area contributed by atoms with Crippen LogP contribution < -0.4 is 5.76 Å². The summed E-state index contributed by atoms with van der Waals surface area (Å²) >= 11 is 5.85. The maximum atomic E-state index is 10.8. The molecule has 0 fully saturated rings. The van der Waals surface area contributed by atoms with Crippen molar-refractivity contribution in [1.29, 1.82) is 0 Å². The van der Waals surface area contributed by atoms with Crippen LogP contribution in [-0.4, -0.2) is 21.3 Å². The molecule has 0 spiro atoms. The van der Waals surface area contributed by atoms with E-state index in [4.69, 9.17) is 16.7 Å². The van der Waals surface area contributed by atoms with Gasteiger partial charge in [-0.3, -0.25) is 0 Å². The standard InChI is InChI=1S/C9H5ClN2O4/c10-6-4(7-11-12-9(15)16-7)2-1-3-5(6)8(13)14/h1-3H,(H,12,15)(H,13,14). The molecule has 2 N–H and O–H groups in total. The summed E-state index contributed by atoms with van der Waals surface area (Å²) < 4.78 is 4.69. The molecule has 82 valence electrons. The molecule has 0 bridgehead atoms. The molecule has 0 radical (unpaired) electrons. The average Bonchev–Trinajstić information content (AvgIpc) is 2.64. The van der Waals surface area contributed by atoms with E-state index in [1.807, 2.05) is 0 Å². The minimum absolute atomic E-state index is 0.0229. The second-order valence-electron chi connectivity index (χ2n) is 2.89. The summed E-state index contributed by atoms with van der Waals surface area (Å²) in [5.41, 5.74) is 0.171. The normalized spacial score (nSPS) is 10.3. The van der Waals surface area contributed by atoms with Crippen molar-refractivity contribution in [1.82, 2.24) is 10.2 Å². The summed E-state index contributed by atoms with van der Waals surface area (Å²) in [4.78, 5) is 21.6. The van der Waals surface area contributed by atoms with Gasteiger partial charge in [0, 0.05) is 0 Å². The van der Waals surface area contributed by atoms with Crippen LogP contribution in [0.2, 0.25) is 5.02 Å². The number of aromatic nitrogens is 2. The van der Waals surface area contributed by atoms with Crippen molar-refractivity contribution in [2.75, 3.05) is 0 Å². The molecule has 16 heavy (non-hydrogen) atoms. The van der Waals surface area contributed by atoms with E-state index in [-0.39, 0.29) is 22.0 Å². The van der Waals surface area contributed by atoms with E-state index < -0.39 is 11.7 Å². The van der Waals surface area contributed by atoms with Crippen molar-refractivity contribution in [2.45, 2.75) is 0 Å². The van der Waals surface area contributed by atoms with Gasteiger partial charge in [-0.25, -0.2) is 14.7 Å². The molecule has 0 atom stereocenters. The van der Waals surface area contributed by atoms with E-state index in [1.54, 1.807) is 0 Å². The number of hydrogen-bond donors (Lipinski definition) is 2. The summed E-state index contributed by atoms with van der Waals surface area (Å²) in [6.45, 7) is 0. The van der Waals surface area contributed by atoms with Crippen molar-refractivity contribution in [3.8, 4) is 11.5 Å². The highest BCUT2D eigenvalue weighted by Crippen LogP contribution is 2.28. The number of carboxylic acid groups (broad SMARTS) is 1. The Labute approximate surface area is 93.5 Å². The number of nitrogens with one attached hydrogen (secondary N) is 1. The van der Waals surface area contributed by atoms with E-state index >= 15 is 0 Å². The van der Waals surface area contributed by atoms with Gasteiger partial charge in [-0.2, -0.15) is 0 Å². The van der Waals surface area contributed by atoms with E-state index in [9.17, 15) is 9.59 Å². The number of H-pyrrole nitrogens is 1. The van der Waals surface area contributed by atoms with E-state index in [2.05, 4.69) is 14.6 Å². The number of nitrogens with zero attached hydrogens (tertiary/aromatic N) is 1. The van der Waals surface area contributed by atoms with Crippen LogP contribution >= 0.6 is 11.6 Å². The maximum absolute atomic E-state index is 10.8. The van der Waals surface area contributed by atoms with Gasteiger partial charge in [-0.05, 0) is 12.1 Å². The second kappa shape index (κ2) is 3.82. The number of aromatic amines is 1. The fourth-order valence-corrected chi connectivity index (χ4v) is 1.50. The Hall–Kier alpha value is -2.08. The molecule has 0 saturated carbocycles. The molecule has 6 nitrogen and oxygen atoms in total. The van der Waals surface area contributed by atoms with Crippen LogP contribution in [0.25, 0.3) is 11.5 Å². The number of hydrogen-bond acceptors (Lipinski definition) is 4. The van der Waals surface area contributed by atoms with Gasteiger partial charge < -0.3 is 9.52 Å². The molecule has 0 unspecified atom stereocenters. The summed E-state index contributed by atoms with van der Waals surface area (Å²) in [5.74, 6) is -1.94. The summed E-state index contributed by atoms with van der Waals surface area (Å²) in [7, 11) is 0. The Kier molecular flexibility index (Phi) is 2.49. The van der Waals surface area contributed by atoms with Crippen molar-refractivity contribution in [3.05, 3.63) is 39.3 Å². The lowest BCUT2D eigenvalue weighted by Gasteiger charge is -2.01. The van der Waals surface area contributed by atoms with Gasteiger partial charge in [0.2, 0.25) is 0 Å². The number of carbonyl (C=O) groups is 1. The van der Waals surface area contributed by atoms with Crippen LogP contribution in [0, 0.1) is 0 Å². The Morgan fingerprint density at radius 3 is 2.81 bits per heavy atom. The van der Waals surface area contributed by atoms with Gasteiger partial charge >= 0.3 is 11.7 Å². The monoisotopic (exact) mass is 240 g/mol. The number of carboxylic acids is 1. The van der Waals surface area contributed by atoms with Crippen molar-refractivity contribution in [2.24, 2.45) is 0 Å². The quantitative estimate of drug-likeness (QED) is 0.827. The molecular weight excluding hydrogens is 236 g/mol. The molecule has 1 aromatic heterocycles. The van der Waals surface area contributed by atoms with E-state index in [0.29, 0.717) is 0 Å². The lowest BCUT2D eigenvalue weighted by molar-refractivity contribution is 0.0697. The van der Waals surface area contributed by atoms with Gasteiger partial charge in [-0.15, -0.1) is 5.10 Å². The van der Waals surface area contributed by atoms with Crippen LogP contribution in [0.3, 0.4) is 0 Å². The van der Waals surface area contributed by atoms with Crippen molar-refractivity contribution < 1.29 is 14.3 Å². The zero-order valence-electron chi connectivity index (χ0n) is 7.73. The minimum atomic E-state index is -1.16. The number of rotatable bonds is 2. The summed E-state index contributed by atoms with van der Waals surface area (Å²) in [6, 6.07) is 4.34. The summed E-state index contributed by atoms with van der Waals surface area (Å²) in [5, 5.41) is 14.4. The smallest absolute Gasteiger partial charge is 0.434 e. The maximum Gasteiger partial charge on any atom is 0.434 e. The third-order valence-electron chi connectivity index (χ3n) is 1.90. The number of aromatic carboxylic acids is 1. The molecule has 0 aliphatic heterocycles. The van der Waals surface area contributed by atoms with Crippen molar-refractivity contribution in [3.63, 3.8) is 0 Å². The SMILES string of the molecule is O=C(O)c1cccc(-c2n[nH]c(=O)o2)c1Cl. The number of halogens is 1. The third-order valence-corrected chi connectivity index (χ3v) is 2.30. The first-order valence-corrected chi connectivity index (χ1v) is 4.55. The lowest BCUT2D eigenvalue weighted by atomic mass is 10.1. The average molecular weight is 241 g/mol. The lowest BCUT2D eigenvalue weighted by Crippen LogP contribution is -1.98. The molecule has 0 saturated heterocycles. The fraction of sp³-hybridized carbons (Fsp3) is 0. The first-order chi connectivity index (χ1) is 7.59. The zero-order chi connectivity index (χ0) is 11.7. The minimum Gasteiger partial charge on any atom is -0.478 e. The van der Waals surface area contributed by atoms with Crippen molar-refractivity contribution >= 4 is 17.6 Å². The molecule has 7 heteroatoms. The van der Waals surface area contributed by atoms with Gasteiger partial charge in [0.15, 0.2) is 0 Å². The molecule has 2 rings (SSSR count). The molecule has 1 heterocycles. The van der Waals surface area contributed by atoms with E-state index in [1.165, 1.54) is 18.2 Å². The van der Waals surface area contributed by atoms with Crippen LogP contribution in [0.1, 0.15) is 10.4 Å². The predicted molar refractivity (Wildman–Crippen MR) is 54.5 cm³/mol. The Balaban J connectivity index is 2.62. The first-order valence-electron chi connectivity index (χ1n) is 4.17. The molecule has 1 aromatic carbocycles. The number of benzene rings is 1.